The molecule has 5 nitrogen and oxygen atoms in total. The molecule has 1 atom stereocenters. The lowest BCUT2D eigenvalue weighted by molar-refractivity contribution is 0.179. The lowest BCUT2D eigenvalue weighted by Gasteiger charge is -2.25. The molecule has 2 aliphatic rings. The number of hydrazone groups is 1. The Hall–Kier alpha value is -2.74. The van der Waals surface area contributed by atoms with Crippen LogP contribution in [0.3, 0.4) is 0 Å². The van der Waals surface area contributed by atoms with Crippen LogP contribution in [0.25, 0.3) is 0 Å². The smallest absolute Gasteiger partial charge is 0.228 e. The Kier molecular flexibility index (Phi) is 2.92. The van der Waals surface area contributed by atoms with Crippen molar-refractivity contribution in [2.24, 2.45) is 5.10 Å². The van der Waals surface area contributed by atoms with E-state index in [1.165, 1.54) is 5.01 Å². The third-order valence-electron chi connectivity index (χ3n) is 3.38. The second-order valence-electron chi connectivity index (χ2n) is 4.80. The van der Waals surface area contributed by atoms with Crippen LogP contribution in [0.4, 0.5) is 0 Å². The molecular formula is C15H14N4O. The molecule has 1 unspecified atom stereocenters. The molecule has 1 aromatic rings. The summed E-state index contributed by atoms with van der Waals surface area (Å²) >= 11 is 0. The molecule has 0 saturated heterocycles. The summed E-state index contributed by atoms with van der Waals surface area (Å²) in [6.45, 7) is 1.81. The van der Waals surface area contributed by atoms with Crippen molar-refractivity contribution in [1.82, 2.24) is 10.3 Å². The fourth-order valence-corrected chi connectivity index (χ4v) is 2.37. The van der Waals surface area contributed by atoms with E-state index in [1.807, 2.05) is 49.4 Å². The lowest BCUT2D eigenvalue weighted by atomic mass is 10.1. The second-order valence-corrected chi connectivity index (χ2v) is 4.80. The Labute approximate surface area is 117 Å². The summed E-state index contributed by atoms with van der Waals surface area (Å²) in [6.07, 6.45) is 2.33. The van der Waals surface area contributed by atoms with Crippen molar-refractivity contribution in [3.8, 4) is 6.07 Å². The van der Waals surface area contributed by atoms with Crippen LogP contribution in [0.1, 0.15) is 12.5 Å². The standard InChI is InChI=1S/C15H14N4O/c1-10-7-14-17-13(8-11-5-3-2-4-6-11)18-19(14)15(20)12(10)9-16/h2-7,14,20H,8H2,1H3,(H,17,18). The summed E-state index contributed by atoms with van der Waals surface area (Å²) in [5, 5.41) is 28.2. The molecule has 2 heterocycles. The molecule has 0 fully saturated rings. The van der Waals surface area contributed by atoms with Crippen LogP contribution in [-0.4, -0.2) is 22.1 Å². The van der Waals surface area contributed by atoms with E-state index in [0.717, 1.165) is 17.0 Å². The molecule has 0 radical (unpaired) electrons. The van der Waals surface area contributed by atoms with Gasteiger partial charge in [0.2, 0.25) is 5.88 Å². The second kappa shape index (κ2) is 4.74. The Balaban J connectivity index is 1.85. The van der Waals surface area contributed by atoms with Crippen molar-refractivity contribution in [1.29, 1.82) is 5.26 Å². The van der Waals surface area contributed by atoms with Gasteiger partial charge in [0, 0.05) is 6.42 Å². The molecule has 5 heteroatoms. The summed E-state index contributed by atoms with van der Waals surface area (Å²) in [4.78, 5) is 0. The molecule has 20 heavy (non-hydrogen) atoms. The van der Waals surface area contributed by atoms with Gasteiger partial charge in [0.1, 0.15) is 23.6 Å². The number of amidine groups is 1. The fraction of sp³-hybridized carbons (Fsp3) is 0.200. The summed E-state index contributed by atoms with van der Waals surface area (Å²) in [5.41, 5.74) is 2.17. The fourth-order valence-electron chi connectivity index (χ4n) is 2.37. The van der Waals surface area contributed by atoms with E-state index in [1.54, 1.807) is 0 Å². The first-order valence-corrected chi connectivity index (χ1v) is 6.38. The molecule has 3 rings (SSSR count). The number of nitriles is 1. The van der Waals surface area contributed by atoms with Crippen molar-refractivity contribution < 1.29 is 5.11 Å². The van der Waals surface area contributed by atoms with Gasteiger partial charge in [-0.1, -0.05) is 30.3 Å². The van der Waals surface area contributed by atoms with Crippen LogP contribution in [0.5, 0.6) is 0 Å². The minimum atomic E-state index is -0.217. The van der Waals surface area contributed by atoms with Gasteiger partial charge >= 0.3 is 0 Å². The van der Waals surface area contributed by atoms with Gasteiger partial charge in [-0.25, -0.2) is 5.01 Å². The van der Waals surface area contributed by atoms with Gasteiger partial charge in [0.15, 0.2) is 0 Å². The summed E-state index contributed by atoms with van der Waals surface area (Å²) in [6, 6.07) is 12.0. The minimum absolute atomic E-state index is 0.0898. The molecule has 1 aromatic carbocycles. The molecule has 2 aliphatic heterocycles. The normalized spacial score (nSPS) is 20.8. The topological polar surface area (TPSA) is 71.7 Å². The first-order valence-electron chi connectivity index (χ1n) is 6.38. The predicted molar refractivity (Wildman–Crippen MR) is 75.4 cm³/mol. The molecule has 100 valence electrons. The predicted octanol–water partition coefficient (Wildman–Crippen LogP) is 2.03. The van der Waals surface area contributed by atoms with Crippen LogP contribution < -0.4 is 5.32 Å². The SMILES string of the molecule is CC1=CC2NC(Cc3ccccc3)=NN2C(O)=C1C#N. The third kappa shape index (κ3) is 2.01. The Bertz CT molecular complexity index is 667. The third-order valence-corrected chi connectivity index (χ3v) is 3.38. The number of nitrogens with one attached hydrogen (secondary N) is 1. The summed E-state index contributed by atoms with van der Waals surface area (Å²) in [7, 11) is 0. The quantitative estimate of drug-likeness (QED) is 0.859. The lowest BCUT2D eigenvalue weighted by Crippen LogP contribution is -2.38. The highest BCUT2D eigenvalue weighted by Gasteiger charge is 2.32. The van der Waals surface area contributed by atoms with Crippen molar-refractivity contribution in [2.45, 2.75) is 19.5 Å². The van der Waals surface area contributed by atoms with Gasteiger partial charge in [-0.15, -0.1) is 0 Å². The van der Waals surface area contributed by atoms with Crippen LogP contribution in [0, 0.1) is 11.3 Å². The molecule has 0 spiro atoms. The van der Waals surface area contributed by atoms with E-state index in [2.05, 4.69) is 10.4 Å². The number of fused-ring (bicyclic) bond motifs is 1. The molecule has 0 aromatic heterocycles. The van der Waals surface area contributed by atoms with Crippen molar-refractivity contribution in [3.05, 3.63) is 59.0 Å². The van der Waals surface area contributed by atoms with Crippen LogP contribution in [0.15, 0.2) is 58.5 Å². The summed E-state index contributed by atoms with van der Waals surface area (Å²) < 4.78 is 0. The molecule has 0 bridgehead atoms. The monoisotopic (exact) mass is 266 g/mol. The van der Waals surface area contributed by atoms with Gasteiger partial charge in [-0.05, 0) is 24.1 Å². The largest absolute Gasteiger partial charge is 0.492 e. The van der Waals surface area contributed by atoms with Gasteiger partial charge in [0.25, 0.3) is 0 Å². The molecule has 0 aliphatic carbocycles. The van der Waals surface area contributed by atoms with Crippen molar-refractivity contribution in [3.63, 3.8) is 0 Å². The zero-order valence-electron chi connectivity index (χ0n) is 11.0. The highest BCUT2D eigenvalue weighted by molar-refractivity contribution is 5.86. The molecule has 0 amide bonds. The number of hydrogen-bond donors (Lipinski definition) is 2. The molecule has 2 N–H and O–H groups in total. The Morgan fingerprint density at radius 3 is 2.85 bits per heavy atom. The van der Waals surface area contributed by atoms with Crippen LogP contribution in [-0.2, 0) is 6.42 Å². The minimum Gasteiger partial charge on any atom is -0.492 e. The van der Waals surface area contributed by atoms with E-state index >= 15 is 0 Å². The first kappa shape index (κ1) is 12.3. The number of aliphatic hydroxyl groups is 1. The first-order chi connectivity index (χ1) is 9.69. The van der Waals surface area contributed by atoms with Gasteiger partial charge < -0.3 is 10.4 Å². The van der Waals surface area contributed by atoms with E-state index < -0.39 is 0 Å². The molecular weight excluding hydrogens is 252 g/mol. The van der Waals surface area contributed by atoms with E-state index in [0.29, 0.717) is 6.42 Å². The van der Waals surface area contributed by atoms with E-state index in [-0.39, 0.29) is 17.6 Å². The summed E-state index contributed by atoms with van der Waals surface area (Å²) in [5.74, 6) is 0.684. The van der Waals surface area contributed by atoms with Crippen molar-refractivity contribution in [2.75, 3.05) is 0 Å². The maximum absolute atomic E-state index is 10.1. The van der Waals surface area contributed by atoms with Crippen molar-refractivity contribution >= 4 is 5.84 Å². The Morgan fingerprint density at radius 1 is 1.40 bits per heavy atom. The van der Waals surface area contributed by atoms with Gasteiger partial charge in [-0.3, -0.25) is 0 Å². The van der Waals surface area contributed by atoms with E-state index in [9.17, 15) is 5.11 Å². The number of allylic oxidation sites excluding steroid dienone is 2. The zero-order valence-corrected chi connectivity index (χ0v) is 11.0. The zero-order chi connectivity index (χ0) is 14.1. The van der Waals surface area contributed by atoms with Crippen LogP contribution in [0.2, 0.25) is 0 Å². The highest BCUT2D eigenvalue weighted by Crippen LogP contribution is 2.27. The highest BCUT2D eigenvalue weighted by atomic mass is 16.3. The van der Waals surface area contributed by atoms with Crippen LogP contribution >= 0.6 is 0 Å². The Morgan fingerprint density at radius 2 is 2.15 bits per heavy atom. The maximum atomic E-state index is 10.1. The number of rotatable bonds is 2. The average Bonchev–Trinajstić information content (AvgIpc) is 2.83. The number of benzene rings is 1. The van der Waals surface area contributed by atoms with Gasteiger partial charge in [-0.2, -0.15) is 10.4 Å². The van der Waals surface area contributed by atoms with Gasteiger partial charge in [0.05, 0.1) is 0 Å². The van der Waals surface area contributed by atoms with E-state index in [4.69, 9.17) is 5.26 Å². The number of aliphatic hydroxyl groups excluding tert-OH is 1. The maximum Gasteiger partial charge on any atom is 0.228 e. The number of nitrogens with zero attached hydrogens (tertiary/aromatic N) is 3. The average molecular weight is 266 g/mol. The number of hydrogen-bond acceptors (Lipinski definition) is 5. The molecule has 0 saturated carbocycles.